The first-order valence-corrected chi connectivity index (χ1v) is 14.9. The summed E-state index contributed by atoms with van der Waals surface area (Å²) in [7, 11) is 0. The van der Waals surface area contributed by atoms with Crippen molar-refractivity contribution in [1.82, 2.24) is 15.4 Å². The van der Waals surface area contributed by atoms with Crippen LogP contribution in [-0.4, -0.2) is 40.8 Å². The molecule has 0 aromatic carbocycles. The molecule has 1 aromatic heterocycles. The summed E-state index contributed by atoms with van der Waals surface area (Å²) in [5.74, 6) is 0. The predicted molar refractivity (Wildman–Crippen MR) is 153 cm³/mol. The summed E-state index contributed by atoms with van der Waals surface area (Å²) in [5.41, 5.74) is 0.133. The molecular formula is C31H59N3O. The molecule has 0 bridgehead atoms. The molecule has 0 saturated carbocycles. The van der Waals surface area contributed by atoms with Gasteiger partial charge in [-0.2, -0.15) is 5.06 Å². The molecule has 1 aliphatic rings. The van der Waals surface area contributed by atoms with Gasteiger partial charge in [0.25, 0.3) is 0 Å². The Bertz CT molecular complexity index is 533. The number of hydrogen-bond donors (Lipinski definition) is 1. The lowest BCUT2D eigenvalue weighted by atomic mass is 9.92. The molecule has 35 heavy (non-hydrogen) atoms. The van der Waals surface area contributed by atoms with E-state index < -0.39 is 0 Å². The van der Waals surface area contributed by atoms with Gasteiger partial charge >= 0.3 is 0 Å². The summed E-state index contributed by atoms with van der Waals surface area (Å²) in [4.78, 5) is 10.0. The van der Waals surface area contributed by atoms with Crippen LogP contribution in [0.15, 0.2) is 30.6 Å². The summed E-state index contributed by atoms with van der Waals surface area (Å²) in [5, 5.41) is 5.78. The molecule has 2 heterocycles. The lowest BCUT2D eigenvalue weighted by molar-refractivity contribution is -0.274. The Kier molecular flexibility index (Phi) is 18.4. The van der Waals surface area contributed by atoms with E-state index in [1.165, 1.54) is 103 Å². The van der Waals surface area contributed by atoms with E-state index in [2.05, 4.69) is 50.0 Å². The van der Waals surface area contributed by atoms with E-state index in [1.807, 2.05) is 18.2 Å². The summed E-state index contributed by atoms with van der Waals surface area (Å²) in [6.45, 7) is 14.2. The third-order valence-corrected chi connectivity index (χ3v) is 7.00. The van der Waals surface area contributed by atoms with Crippen LogP contribution in [0.25, 0.3) is 0 Å². The standard InChI is InChI=1S/C26H54N2O.C5H5N/c1-6-7-8-9-10-11-12-13-14-15-16-17-18-19-20-21-22-29-28-25(2,3)23-27-24-26(28,4)5;1-2-4-6-5-3-1/h27H,6-24H2,1-5H3;1-5H. The van der Waals surface area contributed by atoms with Crippen LogP contribution in [0.2, 0.25) is 0 Å². The molecular weight excluding hydrogens is 430 g/mol. The number of hydrogen-bond acceptors (Lipinski definition) is 4. The fourth-order valence-electron chi connectivity index (χ4n) is 5.11. The van der Waals surface area contributed by atoms with Gasteiger partial charge in [0.15, 0.2) is 0 Å². The van der Waals surface area contributed by atoms with Crippen LogP contribution in [0.4, 0.5) is 0 Å². The number of pyridine rings is 1. The normalized spacial score (nSPS) is 17.1. The van der Waals surface area contributed by atoms with Gasteiger partial charge in [-0.05, 0) is 46.2 Å². The van der Waals surface area contributed by atoms with Gasteiger partial charge in [0.05, 0.1) is 17.7 Å². The van der Waals surface area contributed by atoms with Crippen molar-refractivity contribution in [2.75, 3.05) is 19.7 Å². The van der Waals surface area contributed by atoms with E-state index in [-0.39, 0.29) is 11.1 Å². The Balaban J connectivity index is 0.000000882. The molecule has 1 N–H and O–H groups in total. The van der Waals surface area contributed by atoms with Crippen LogP contribution in [-0.2, 0) is 4.84 Å². The van der Waals surface area contributed by atoms with Gasteiger partial charge in [-0.1, -0.05) is 109 Å². The number of piperazine rings is 1. The average molecular weight is 490 g/mol. The minimum Gasteiger partial charge on any atom is -0.313 e. The monoisotopic (exact) mass is 489 g/mol. The Morgan fingerprint density at radius 3 is 1.37 bits per heavy atom. The first-order chi connectivity index (χ1) is 16.9. The molecule has 0 atom stereocenters. The van der Waals surface area contributed by atoms with Crippen LogP contribution in [0, 0.1) is 0 Å². The summed E-state index contributed by atoms with van der Waals surface area (Å²) < 4.78 is 0. The molecule has 0 aliphatic carbocycles. The van der Waals surface area contributed by atoms with Gasteiger partial charge in [-0.3, -0.25) is 9.82 Å². The zero-order valence-electron chi connectivity index (χ0n) is 24.1. The predicted octanol–water partition coefficient (Wildman–Crippen LogP) is 8.72. The van der Waals surface area contributed by atoms with Crippen LogP contribution in [0.5, 0.6) is 0 Å². The van der Waals surface area contributed by atoms with Crippen molar-refractivity contribution in [2.45, 2.75) is 148 Å². The quantitative estimate of drug-likeness (QED) is 0.209. The highest BCUT2D eigenvalue weighted by Crippen LogP contribution is 2.28. The number of nitrogens with one attached hydrogen (secondary N) is 1. The Labute approximate surface area is 219 Å². The molecule has 0 amide bonds. The molecule has 0 unspecified atom stereocenters. The molecule has 2 rings (SSSR count). The number of rotatable bonds is 18. The zero-order chi connectivity index (χ0) is 25.7. The number of nitrogens with zero attached hydrogens (tertiary/aromatic N) is 2. The third-order valence-electron chi connectivity index (χ3n) is 7.00. The number of unbranched alkanes of at least 4 members (excludes halogenated alkanes) is 15. The maximum absolute atomic E-state index is 6.23. The van der Waals surface area contributed by atoms with Crippen molar-refractivity contribution < 1.29 is 4.84 Å². The Hall–Kier alpha value is -0.970. The van der Waals surface area contributed by atoms with Crippen molar-refractivity contribution in [2.24, 2.45) is 0 Å². The van der Waals surface area contributed by atoms with Gasteiger partial charge < -0.3 is 5.32 Å². The fraction of sp³-hybridized carbons (Fsp3) is 0.839. The molecule has 1 fully saturated rings. The van der Waals surface area contributed by atoms with Gasteiger partial charge in [-0.15, -0.1) is 0 Å². The third kappa shape index (κ3) is 16.4. The maximum Gasteiger partial charge on any atom is 0.0685 e. The molecule has 0 radical (unpaired) electrons. The van der Waals surface area contributed by atoms with E-state index in [9.17, 15) is 0 Å². The van der Waals surface area contributed by atoms with Crippen molar-refractivity contribution >= 4 is 0 Å². The fourth-order valence-corrected chi connectivity index (χ4v) is 5.11. The second-order valence-corrected chi connectivity index (χ2v) is 11.7. The van der Waals surface area contributed by atoms with Crippen molar-refractivity contribution in [1.29, 1.82) is 0 Å². The van der Waals surface area contributed by atoms with Gasteiger partial charge in [-0.25, -0.2) is 0 Å². The highest BCUT2D eigenvalue weighted by atomic mass is 16.7. The highest BCUT2D eigenvalue weighted by molar-refractivity contribution is 4.95. The summed E-state index contributed by atoms with van der Waals surface area (Å²) >= 11 is 0. The molecule has 204 valence electrons. The van der Waals surface area contributed by atoms with Crippen LogP contribution >= 0.6 is 0 Å². The molecule has 0 spiro atoms. The molecule has 1 aromatic rings. The minimum absolute atomic E-state index is 0.0663. The van der Waals surface area contributed by atoms with E-state index in [0.717, 1.165) is 19.7 Å². The smallest absolute Gasteiger partial charge is 0.0685 e. The van der Waals surface area contributed by atoms with E-state index in [1.54, 1.807) is 12.4 Å². The SMILES string of the molecule is CCCCCCCCCCCCCCCCCCON1C(C)(C)CNCC1(C)C.c1ccncc1. The second kappa shape index (κ2) is 20.1. The van der Waals surface area contributed by atoms with Crippen LogP contribution in [0.1, 0.15) is 137 Å². The lowest BCUT2D eigenvalue weighted by Crippen LogP contribution is -2.67. The molecule has 4 nitrogen and oxygen atoms in total. The second-order valence-electron chi connectivity index (χ2n) is 11.7. The van der Waals surface area contributed by atoms with E-state index in [4.69, 9.17) is 4.84 Å². The van der Waals surface area contributed by atoms with E-state index in [0.29, 0.717) is 0 Å². The number of aromatic nitrogens is 1. The van der Waals surface area contributed by atoms with Crippen molar-refractivity contribution in [3.05, 3.63) is 30.6 Å². The van der Waals surface area contributed by atoms with Gasteiger partial charge in [0, 0.05) is 25.5 Å². The Morgan fingerprint density at radius 1 is 0.629 bits per heavy atom. The molecule has 4 heteroatoms. The average Bonchev–Trinajstić information content (AvgIpc) is 2.83. The van der Waals surface area contributed by atoms with Crippen LogP contribution in [0.3, 0.4) is 0 Å². The van der Waals surface area contributed by atoms with E-state index >= 15 is 0 Å². The number of hydroxylamine groups is 2. The topological polar surface area (TPSA) is 37.4 Å². The maximum atomic E-state index is 6.23. The molecule has 1 aliphatic heterocycles. The van der Waals surface area contributed by atoms with Crippen molar-refractivity contribution in [3.63, 3.8) is 0 Å². The molecule has 1 saturated heterocycles. The van der Waals surface area contributed by atoms with Gasteiger partial charge in [0.2, 0.25) is 0 Å². The summed E-state index contributed by atoms with van der Waals surface area (Å²) in [6.07, 6.45) is 26.1. The highest BCUT2D eigenvalue weighted by Gasteiger charge is 2.42. The lowest BCUT2D eigenvalue weighted by Gasteiger charge is -2.51. The minimum atomic E-state index is 0.0663. The first kappa shape index (κ1) is 32.1. The van der Waals surface area contributed by atoms with Crippen molar-refractivity contribution in [3.8, 4) is 0 Å². The summed E-state index contributed by atoms with van der Waals surface area (Å²) in [6, 6.07) is 5.72. The zero-order valence-corrected chi connectivity index (χ0v) is 24.1. The Morgan fingerprint density at radius 2 is 1.03 bits per heavy atom. The van der Waals surface area contributed by atoms with Crippen LogP contribution < -0.4 is 5.32 Å². The van der Waals surface area contributed by atoms with Gasteiger partial charge in [0.1, 0.15) is 0 Å². The largest absolute Gasteiger partial charge is 0.313 e. The first-order valence-electron chi connectivity index (χ1n) is 14.9.